The van der Waals surface area contributed by atoms with Gasteiger partial charge in [0.25, 0.3) is 5.41 Å². The summed E-state index contributed by atoms with van der Waals surface area (Å²) in [6, 6.07) is 12.1. The zero-order valence-corrected chi connectivity index (χ0v) is 16.4. The number of nitrogens with zero attached hydrogens (tertiary/aromatic N) is 2. The van der Waals surface area contributed by atoms with Crippen LogP contribution in [0.2, 0.25) is 0 Å². The quantitative estimate of drug-likeness (QED) is 0.615. The molecule has 0 bridgehead atoms. The van der Waals surface area contributed by atoms with Crippen molar-refractivity contribution in [1.29, 1.82) is 0 Å². The second kappa shape index (κ2) is 7.86. The summed E-state index contributed by atoms with van der Waals surface area (Å²) >= 11 is 0. The predicted molar refractivity (Wildman–Crippen MR) is 101 cm³/mol. The first-order valence-electron chi connectivity index (χ1n) is 9.44. The van der Waals surface area contributed by atoms with Gasteiger partial charge in [0.15, 0.2) is 0 Å². The lowest BCUT2D eigenvalue weighted by Crippen LogP contribution is -2.62. The summed E-state index contributed by atoms with van der Waals surface area (Å²) in [4.78, 5) is 18.6. The first-order valence-corrected chi connectivity index (χ1v) is 9.44. The van der Waals surface area contributed by atoms with Crippen molar-refractivity contribution in [2.45, 2.75) is 32.2 Å². The van der Waals surface area contributed by atoms with Gasteiger partial charge in [-0.2, -0.15) is 26.8 Å². The van der Waals surface area contributed by atoms with Crippen LogP contribution in [0.15, 0.2) is 60.7 Å². The van der Waals surface area contributed by atoms with Gasteiger partial charge in [0.1, 0.15) is 6.04 Å². The molecule has 0 saturated carbocycles. The molecule has 1 heterocycles. The fraction of sp³-hybridized carbons (Fsp3) is 0.381. The molecule has 0 radical (unpaired) electrons. The van der Waals surface area contributed by atoms with E-state index in [-0.39, 0.29) is 24.3 Å². The number of carbonyl (C=O) groups is 1. The van der Waals surface area contributed by atoms with E-state index in [0.29, 0.717) is 5.06 Å². The molecule has 2 aromatic rings. The fourth-order valence-electron chi connectivity index (χ4n) is 3.82. The zero-order chi connectivity index (χ0) is 22.2. The summed E-state index contributed by atoms with van der Waals surface area (Å²) in [5.41, 5.74) is -4.27. The minimum absolute atomic E-state index is 0.0236. The summed E-state index contributed by atoms with van der Waals surface area (Å²) in [6.07, 6.45) is -10.5. The highest BCUT2D eigenvalue weighted by molar-refractivity contribution is 5.87. The van der Waals surface area contributed by atoms with E-state index in [2.05, 4.69) is 4.84 Å². The van der Waals surface area contributed by atoms with Gasteiger partial charge in [-0.05, 0) is 31.5 Å². The highest BCUT2D eigenvalue weighted by atomic mass is 19.4. The van der Waals surface area contributed by atoms with Gasteiger partial charge in [-0.15, -0.1) is 0 Å². The second-order valence-corrected chi connectivity index (χ2v) is 6.87. The van der Waals surface area contributed by atoms with E-state index in [4.69, 9.17) is 0 Å². The molecule has 0 N–H and O–H groups in total. The number of anilines is 1. The van der Waals surface area contributed by atoms with Crippen LogP contribution in [0.5, 0.6) is 0 Å². The Morgan fingerprint density at radius 2 is 1.50 bits per heavy atom. The van der Waals surface area contributed by atoms with Gasteiger partial charge >= 0.3 is 12.3 Å². The number of rotatable bonds is 5. The lowest BCUT2D eigenvalue weighted by molar-refractivity contribution is -0.339. The third kappa shape index (κ3) is 3.21. The molecule has 0 aromatic heterocycles. The molecule has 1 amide bonds. The Morgan fingerprint density at radius 1 is 1.00 bits per heavy atom. The van der Waals surface area contributed by atoms with Gasteiger partial charge < -0.3 is 4.90 Å². The molecule has 9 heteroatoms. The summed E-state index contributed by atoms with van der Waals surface area (Å²) in [5.74, 6) is -1.72. The monoisotopic (exact) mass is 428 g/mol. The third-order valence-electron chi connectivity index (χ3n) is 5.28. The highest BCUT2D eigenvalue weighted by Crippen LogP contribution is 2.65. The van der Waals surface area contributed by atoms with Crippen LogP contribution in [-0.4, -0.2) is 36.2 Å². The Kier molecular flexibility index (Phi) is 5.77. The van der Waals surface area contributed by atoms with Gasteiger partial charge in [-0.25, -0.2) is 5.06 Å². The van der Waals surface area contributed by atoms with Gasteiger partial charge in [-0.1, -0.05) is 48.5 Å². The van der Waals surface area contributed by atoms with E-state index in [1.807, 2.05) is 0 Å². The van der Waals surface area contributed by atoms with Crippen molar-refractivity contribution in [3.05, 3.63) is 66.2 Å². The molecule has 1 aliphatic heterocycles. The van der Waals surface area contributed by atoms with E-state index >= 15 is 8.78 Å². The summed E-state index contributed by atoms with van der Waals surface area (Å²) < 4.78 is 74.3. The topological polar surface area (TPSA) is 32.8 Å². The van der Waals surface area contributed by atoms with Crippen LogP contribution in [0.1, 0.15) is 25.5 Å². The normalized spacial score (nSPS) is 23.4. The Labute approximate surface area is 170 Å². The van der Waals surface area contributed by atoms with Gasteiger partial charge in [0.2, 0.25) is 5.91 Å². The highest BCUT2D eigenvalue weighted by Gasteiger charge is 2.85. The minimum Gasteiger partial charge on any atom is -0.342 e. The van der Waals surface area contributed by atoms with Crippen molar-refractivity contribution < 1.29 is 31.6 Å². The Bertz CT molecular complexity index is 872. The first-order chi connectivity index (χ1) is 14.1. The molecule has 30 heavy (non-hydrogen) atoms. The summed E-state index contributed by atoms with van der Waals surface area (Å²) in [5, 5.41) is 0.504. The van der Waals surface area contributed by atoms with Crippen LogP contribution in [0.4, 0.5) is 27.6 Å². The lowest BCUT2D eigenvalue weighted by atomic mass is 9.74. The van der Waals surface area contributed by atoms with E-state index < -0.39 is 29.6 Å². The molecular weight excluding hydrogens is 407 g/mol. The predicted octanol–water partition coefficient (Wildman–Crippen LogP) is 5.19. The molecular formula is C21H21F5N2O2. The molecule has 1 saturated heterocycles. The number of hydrogen-bond donors (Lipinski definition) is 0. The number of hydrogen-bond acceptors (Lipinski definition) is 3. The third-order valence-corrected chi connectivity index (χ3v) is 5.28. The number of halogens is 5. The van der Waals surface area contributed by atoms with Crippen LogP contribution in [-0.2, 0) is 9.63 Å². The van der Waals surface area contributed by atoms with E-state index in [0.717, 1.165) is 4.90 Å². The van der Waals surface area contributed by atoms with Crippen LogP contribution in [0.3, 0.4) is 0 Å². The van der Waals surface area contributed by atoms with Gasteiger partial charge in [-0.3, -0.25) is 4.79 Å². The molecule has 3 rings (SSSR count). The van der Waals surface area contributed by atoms with Crippen molar-refractivity contribution in [3.8, 4) is 0 Å². The second-order valence-electron chi connectivity index (χ2n) is 6.87. The van der Waals surface area contributed by atoms with Crippen molar-refractivity contribution in [2.24, 2.45) is 5.41 Å². The fourth-order valence-corrected chi connectivity index (χ4v) is 3.82. The molecule has 0 aliphatic carbocycles. The average Bonchev–Trinajstić information content (AvgIpc) is 2.98. The van der Waals surface area contributed by atoms with Crippen molar-refractivity contribution in [1.82, 2.24) is 4.90 Å². The van der Waals surface area contributed by atoms with Crippen LogP contribution < -0.4 is 5.06 Å². The minimum atomic E-state index is -5.61. The maximum atomic E-state index is 15.3. The van der Waals surface area contributed by atoms with E-state index in [9.17, 15) is 18.0 Å². The molecule has 4 nitrogen and oxygen atoms in total. The van der Waals surface area contributed by atoms with Crippen LogP contribution in [0.25, 0.3) is 0 Å². The molecule has 2 aromatic carbocycles. The van der Waals surface area contributed by atoms with Crippen molar-refractivity contribution >= 4 is 11.6 Å². The largest absolute Gasteiger partial charge is 0.414 e. The van der Waals surface area contributed by atoms with E-state index in [1.54, 1.807) is 12.1 Å². The molecule has 0 spiro atoms. The molecule has 2 atom stereocenters. The molecule has 162 valence electrons. The standard InChI is InChI=1S/C21H21F5N2O2/c1-3-27(4-2)18(29)19(20(22,23)24)17(15-11-7-5-8-12-15)28(30-21(19,25)26)16-13-9-6-10-14-16/h5-14,17H,3-4H2,1-2H3. The summed E-state index contributed by atoms with van der Waals surface area (Å²) in [7, 11) is 0. The SMILES string of the molecule is CCN(CC)C(=O)C1(C(F)(F)F)C(c2ccccc2)N(c2ccccc2)OC1(F)F. The molecule has 2 unspecified atom stereocenters. The number of carbonyl (C=O) groups excluding carboxylic acids is 1. The number of amides is 1. The Hall–Kier alpha value is -2.68. The maximum absolute atomic E-state index is 15.3. The lowest BCUT2D eigenvalue weighted by Gasteiger charge is -2.40. The summed E-state index contributed by atoms with van der Waals surface area (Å²) in [6.45, 7) is 2.56. The van der Waals surface area contributed by atoms with Gasteiger partial charge in [0.05, 0.1) is 5.69 Å². The zero-order valence-electron chi connectivity index (χ0n) is 16.4. The van der Waals surface area contributed by atoms with Crippen molar-refractivity contribution in [2.75, 3.05) is 18.2 Å². The smallest absolute Gasteiger partial charge is 0.342 e. The van der Waals surface area contributed by atoms with Crippen LogP contribution in [0, 0.1) is 5.41 Å². The van der Waals surface area contributed by atoms with E-state index in [1.165, 1.54) is 62.4 Å². The van der Waals surface area contributed by atoms with Crippen LogP contribution >= 0.6 is 0 Å². The maximum Gasteiger partial charge on any atom is 0.414 e. The molecule has 1 fully saturated rings. The Balaban J connectivity index is 2.35. The van der Waals surface area contributed by atoms with Gasteiger partial charge in [0, 0.05) is 13.1 Å². The Morgan fingerprint density at radius 3 is 1.97 bits per heavy atom. The van der Waals surface area contributed by atoms with Crippen molar-refractivity contribution in [3.63, 3.8) is 0 Å². The average molecular weight is 428 g/mol. The first kappa shape index (κ1) is 22.0. The number of para-hydroxylation sites is 1. The number of alkyl halides is 5. The number of benzene rings is 2. The molecule has 1 aliphatic rings. The number of hydroxylamine groups is 1.